The van der Waals surface area contributed by atoms with Crippen molar-refractivity contribution in [1.82, 2.24) is 0 Å². The van der Waals surface area contributed by atoms with Crippen LogP contribution < -0.4 is 0 Å². The Morgan fingerprint density at radius 3 is 2.24 bits per heavy atom. The van der Waals surface area contributed by atoms with Crippen molar-refractivity contribution in [3.05, 3.63) is 23.3 Å². The summed E-state index contributed by atoms with van der Waals surface area (Å²) in [5.74, 6) is -0.701. The van der Waals surface area contributed by atoms with Crippen LogP contribution in [0.5, 0.6) is 0 Å². The van der Waals surface area contributed by atoms with Gasteiger partial charge < -0.3 is 5.11 Å². The van der Waals surface area contributed by atoms with Crippen LogP contribution in [0.2, 0.25) is 0 Å². The topological polar surface area (TPSA) is 37.3 Å². The molecule has 0 rings (SSSR count). The maximum Gasteiger partial charge on any atom is 0.309 e. The van der Waals surface area contributed by atoms with Crippen LogP contribution in [0.25, 0.3) is 0 Å². The number of carboxylic acids is 1. The second kappa shape index (κ2) is 7.31. The number of allylic oxidation sites excluding steroid dienone is 4. The fourth-order valence-electron chi connectivity index (χ4n) is 1.47. The largest absolute Gasteiger partial charge is 0.481 e. The Morgan fingerprint density at radius 1 is 1.24 bits per heavy atom. The molecule has 0 saturated heterocycles. The minimum absolute atomic E-state index is 0.613. The van der Waals surface area contributed by atoms with Gasteiger partial charge in [-0.3, -0.25) is 4.79 Å². The lowest BCUT2D eigenvalue weighted by molar-refractivity contribution is -0.147. The fourth-order valence-corrected chi connectivity index (χ4v) is 1.47. The molecular formula is C15H26O2. The number of rotatable bonds is 7. The van der Waals surface area contributed by atoms with E-state index in [0.717, 1.165) is 12.8 Å². The lowest BCUT2D eigenvalue weighted by Gasteiger charge is -2.21. The van der Waals surface area contributed by atoms with Gasteiger partial charge in [0.1, 0.15) is 0 Å². The normalized spacial score (nSPS) is 15.2. The first-order chi connectivity index (χ1) is 7.81. The van der Waals surface area contributed by atoms with Gasteiger partial charge in [0.15, 0.2) is 0 Å². The van der Waals surface area contributed by atoms with E-state index >= 15 is 0 Å². The van der Waals surface area contributed by atoms with E-state index in [1.165, 1.54) is 11.1 Å². The zero-order valence-electron chi connectivity index (χ0n) is 11.8. The zero-order valence-corrected chi connectivity index (χ0v) is 11.8. The van der Waals surface area contributed by atoms with Crippen LogP contribution >= 0.6 is 0 Å². The van der Waals surface area contributed by atoms with Gasteiger partial charge in [0.05, 0.1) is 5.41 Å². The summed E-state index contributed by atoms with van der Waals surface area (Å²) in [7, 11) is 0. The standard InChI is InChI=1S/C15H26O2/c1-6-15(5,14(16)17)11-10-13(4)9-7-8-12(2)3/h8,10H,6-7,9,11H2,1-5H3,(H,16,17)/b13-10+. The minimum atomic E-state index is -0.701. The molecule has 1 N–H and O–H groups in total. The summed E-state index contributed by atoms with van der Waals surface area (Å²) in [6.45, 7) is 10.0. The molecule has 0 fully saturated rings. The Balaban J connectivity index is 4.31. The summed E-state index contributed by atoms with van der Waals surface area (Å²) in [6, 6.07) is 0. The van der Waals surface area contributed by atoms with Crippen molar-refractivity contribution in [3.8, 4) is 0 Å². The van der Waals surface area contributed by atoms with Gasteiger partial charge >= 0.3 is 5.97 Å². The second-order valence-corrected chi connectivity index (χ2v) is 5.29. The summed E-state index contributed by atoms with van der Waals surface area (Å²) >= 11 is 0. The quantitative estimate of drug-likeness (QED) is 0.660. The third-order valence-electron chi connectivity index (χ3n) is 3.29. The molecule has 0 heterocycles. The monoisotopic (exact) mass is 238 g/mol. The molecular weight excluding hydrogens is 212 g/mol. The van der Waals surface area contributed by atoms with Crippen molar-refractivity contribution in [2.45, 2.75) is 60.3 Å². The Hall–Kier alpha value is -1.05. The first-order valence-electron chi connectivity index (χ1n) is 6.34. The molecule has 0 amide bonds. The Morgan fingerprint density at radius 2 is 1.82 bits per heavy atom. The molecule has 0 aliphatic heterocycles. The number of carboxylic acid groups (broad SMARTS) is 1. The van der Waals surface area contributed by atoms with Gasteiger partial charge in [-0.25, -0.2) is 0 Å². The van der Waals surface area contributed by atoms with E-state index in [1.807, 2.05) is 13.8 Å². The summed E-state index contributed by atoms with van der Waals surface area (Å²) in [5, 5.41) is 9.16. The molecule has 0 saturated carbocycles. The van der Waals surface area contributed by atoms with E-state index in [0.29, 0.717) is 12.8 Å². The van der Waals surface area contributed by atoms with E-state index in [2.05, 4.69) is 32.9 Å². The zero-order chi connectivity index (χ0) is 13.5. The fraction of sp³-hybridized carbons (Fsp3) is 0.667. The van der Waals surface area contributed by atoms with E-state index in [4.69, 9.17) is 5.11 Å². The van der Waals surface area contributed by atoms with E-state index < -0.39 is 11.4 Å². The number of aliphatic carboxylic acids is 1. The molecule has 0 aliphatic rings. The van der Waals surface area contributed by atoms with Crippen molar-refractivity contribution >= 4 is 5.97 Å². The highest BCUT2D eigenvalue weighted by molar-refractivity contribution is 5.74. The third-order valence-corrected chi connectivity index (χ3v) is 3.29. The lowest BCUT2D eigenvalue weighted by atomic mass is 9.83. The van der Waals surface area contributed by atoms with Crippen molar-refractivity contribution in [1.29, 1.82) is 0 Å². The molecule has 0 aliphatic carbocycles. The minimum Gasteiger partial charge on any atom is -0.481 e. The van der Waals surface area contributed by atoms with Gasteiger partial charge in [-0.05, 0) is 53.4 Å². The van der Waals surface area contributed by atoms with E-state index in [-0.39, 0.29) is 0 Å². The molecule has 0 radical (unpaired) electrons. The van der Waals surface area contributed by atoms with Gasteiger partial charge in [-0.1, -0.05) is 30.2 Å². The highest BCUT2D eigenvalue weighted by atomic mass is 16.4. The molecule has 0 aromatic rings. The lowest BCUT2D eigenvalue weighted by Crippen LogP contribution is -2.25. The van der Waals surface area contributed by atoms with Crippen molar-refractivity contribution in [2.24, 2.45) is 5.41 Å². The maximum atomic E-state index is 11.1. The van der Waals surface area contributed by atoms with Crippen LogP contribution in [0.1, 0.15) is 60.3 Å². The maximum absolute atomic E-state index is 11.1. The molecule has 1 unspecified atom stereocenters. The Kier molecular flexibility index (Phi) is 6.86. The molecule has 2 nitrogen and oxygen atoms in total. The first-order valence-corrected chi connectivity index (χ1v) is 6.34. The Bertz CT molecular complexity index is 309. The predicted molar refractivity (Wildman–Crippen MR) is 73.1 cm³/mol. The Labute approximate surface area is 105 Å². The average Bonchev–Trinajstić information content (AvgIpc) is 2.25. The average molecular weight is 238 g/mol. The van der Waals surface area contributed by atoms with Gasteiger partial charge in [-0.15, -0.1) is 0 Å². The summed E-state index contributed by atoms with van der Waals surface area (Å²) in [6.07, 6.45) is 7.65. The van der Waals surface area contributed by atoms with Crippen LogP contribution in [0.4, 0.5) is 0 Å². The molecule has 1 atom stereocenters. The highest BCUT2D eigenvalue weighted by Gasteiger charge is 2.29. The van der Waals surface area contributed by atoms with Crippen molar-refractivity contribution in [3.63, 3.8) is 0 Å². The SMILES string of the molecule is CCC(C)(C/C=C(\C)CCC=C(C)C)C(=O)O. The van der Waals surface area contributed by atoms with Crippen LogP contribution in [-0.4, -0.2) is 11.1 Å². The summed E-state index contributed by atoms with van der Waals surface area (Å²) in [4.78, 5) is 11.1. The second-order valence-electron chi connectivity index (χ2n) is 5.29. The van der Waals surface area contributed by atoms with Crippen molar-refractivity contribution < 1.29 is 9.90 Å². The van der Waals surface area contributed by atoms with E-state index in [1.54, 1.807) is 0 Å². The van der Waals surface area contributed by atoms with Crippen LogP contribution in [0.15, 0.2) is 23.3 Å². The number of hydrogen-bond donors (Lipinski definition) is 1. The number of carbonyl (C=O) groups is 1. The van der Waals surface area contributed by atoms with Gasteiger partial charge in [0.25, 0.3) is 0 Å². The van der Waals surface area contributed by atoms with Gasteiger partial charge in [-0.2, -0.15) is 0 Å². The first kappa shape index (κ1) is 16.0. The third kappa shape index (κ3) is 6.30. The smallest absolute Gasteiger partial charge is 0.309 e. The molecule has 2 heteroatoms. The van der Waals surface area contributed by atoms with Crippen LogP contribution in [-0.2, 0) is 4.79 Å². The molecule has 98 valence electrons. The van der Waals surface area contributed by atoms with Crippen molar-refractivity contribution in [2.75, 3.05) is 0 Å². The van der Waals surface area contributed by atoms with E-state index in [9.17, 15) is 4.79 Å². The summed E-state index contributed by atoms with van der Waals surface area (Å²) < 4.78 is 0. The van der Waals surface area contributed by atoms with Gasteiger partial charge in [0.2, 0.25) is 0 Å². The van der Waals surface area contributed by atoms with Gasteiger partial charge in [0, 0.05) is 0 Å². The number of hydrogen-bond acceptors (Lipinski definition) is 1. The molecule has 0 spiro atoms. The highest BCUT2D eigenvalue weighted by Crippen LogP contribution is 2.27. The van der Waals surface area contributed by atoms with Crippen LogP contribution in [0.3, 0.4) is 0 Å². The van der Waals surface area contributed by atoms with Crippen LogP contribution in [0, 0.1) is 5.41 Å². The summed E-state index contributed by atoms with van der Waals surface area (Å²) in [5.41, 5.74) is 2.00. The molecule has 0 bridgehead atoms. The molecule has 17 heavy (non-hydrogen) atoms. The predicted octanol–water partition coefficient (Wildman–Crippen LogP) is 4.57. The molecule has 0 aromatic carbocycles. The molecule has 0 aromatic heterocycles.